The van der Waals surface area contributed by atoms with Crippen LogP contribution in [-0.4, -0.2) is 24.0 Å². The number of hydrogen-bond acceptors (Lipinski definition) is 4. The Bertz CT molecular complexity index is 1090. The molecule has 0 unspecified atom stereocenters. The Balaban J connectivity index is 2.12. The molecule has 1 aliphatic heterocycles. The van der Waals surface area contributed by atoms with Gasteiger partial charge < -0.3 is 4.74 Å². The molecule has 3 rings (SSSR count). The number of thiocarbonyl (C=S) groups is 1. The SMILES string of the molecule is COc1cc(C)c(/C=C2\C(=O)NC(=S)N(c3cccc(Cl)c3C)C2=O)cc1C(C)C. The molecule has 1 aliphatic rings. The molecular weight excluding hydrogens is 420 g/mol. The fraction of sp³-hybridized carbons (Fsp3) is 0.261. The Kier molecular flexibility index (Phi) is 6.29. The zero-order valence-electron chi connectivity index (χ0n) is 17.5. The third kappa shape index (κ3) is 3.98. The van der Waals surface area contributed by atoms with Gasteiger partial charge in [-0.15, -0.1) is 0 Å². The molecule has 0 atom stereocenters. The van der Waals surface area contributed by atoms with Gasteiger partial charge >= 0.3 is 0 Å². The van der Waals surface area contributed by atoms with Crippen LogP contribution in [0.25, 0.3) is 6.08 Å². The van der Waals surface area contributed by atoms with Crippen LogP contribution in [0.3, 0.4) is 0 Å². The molecule has 2 aromatic rings. The number of nitrogens with one attached hydrogen (secondary N) is 1. The Morgan fingerprint density at radius 3 is 2.53 bits per heavy atom. The largest absolute Gasteiger partial charge is 0.496 e. The molecule has 2 aromatic carbocycles. The number of aryl methyl sites for hydroxylation is 1. The van der Waals surface area contributed by atoms with Crippen molar-refractivity contribution < 1.29 is 14.3 Å². The summed E-state index contributed by atoms with van der Waals surface area (Å²) in [6.07, 6.45) is 1.60. The molecule has 5 nitrogen and oxygen atoms in total. The van der Waals surface area contributed by atoms with Crippen LogP contribution < -0.4 is 15.0 Å². The molecule has 0 aliphatic carbocycles. The second kappa shape index (κ2) is 8.58. The molecule has 0 bridgehead atoms. The minimum absolute atomic E-state index is 0.00551. The van der Waals surface area contributed by atoms with Gasteiger partial charge in [-0.25, -0.2) is 0 Å². The molecular formula is C23H23ClN2O3S. The second-order valence-corrected chi connectivity index (χ2v) is 8.24. The van der Waals surface area contributed by atoms with E-state index in [-0.39, 0.29) is 16.6 Å². The lowest BCUT2D eigenvalue weighted by Gasteiger charge is -2.30. The Hall–Kier alpha value is -2.70. The van der Waals surface area contributed by atoms with Crippen LogP contribution in [0.15, 0.2) is 35.9 Å². The predicted molar refractivity (Wildman–Crippen MR) is 124 cm³/mol. The summed E-state index contributed by atoms with van der Waals surface area (Å²) in [7, 11) is 1.63. The number of amides is 2. The number of anilines is 1. The van der Waals surface area contributed by atoms with E-state index in [4.69, 9.17) is 28.6 Å². The normalized spacial score (nSPS) is 15.8. The van der Waals surface area contributed by atoms with Gasteiger partial charge in [0.25, 0.3) is 11.8 Å². The molecule has 0 saturated carbocycles. The first kappa shape index (κ1) is 22.0. The van der Waals surface area contributed by atoms with Gasteiger partial charge in [-0.2, -0.15) is 0 Å². The number of rotatable bonds is 4. The van der Waals surface area contributed by atoms with Gasteiger partial charge in [0.15, 0.2) is 5.11 Å². The van der Waals surface area contributed by atoms with Gasteiger partial charge in [0.05, 0.1) is 12.8 Å². The van der Waals surface area contributed by atoms with Crippen LogP contribution in [0.2, 0.25) is 5.02 Å². The number of carbonyl (C=O) groups excluding carboxylic acids is 2. The zero-order chi connectivity index (χ0) is 22.2. The Morgan fingerprint density at radius 2 is 1.90 bits per heavy atom. The van der Waals surface area contributed by atoms with Gasteiger partial charge in [-0.05, 0) is 84.6 Å². The third-order valence-corrected chi connectivity index (χ3v) is 5.82. The number of carbonyl (C=O) groups is 2. The van der Waals surface area contributed by atoms with E-state index in [0.29, 0.717) is 16.3 Å². The number of ether oxygens (including phenoxy) is 1. The summed E-state index contributed by atoms with van der Waals surface area (Å²) in [6.45, 7) is 7.83. The van der Waals surface area contributed by atoms with E-state index in [9.17, 15) is 9.59 Å². The maximum Gasteiger partial charge on any atom is 0.270 e. The van der Waals surface area contributed by atoms with Crippen LogP contribution in [0, 0.1) is 13.8 Å². The molecule has 1 fully saturated rings. The van der Waals surface area contributed by atoms with Crippen molar-refractivity contribution in [3.63, 3.8) is 0 Å². The molecule has 1 N–H and O–H groups in total. The maximum atomic E-state index is 13.3. The Labute approximate surface area is 186 Å². The van der Waals surface area contributed by atoms with Crippen molar-refractivity contribution in [2.45, 2.75) is 33.6 Å². The number of halogens is 1. The highest BCUT2D eigenvalue weighted by molar-refractivity contribution is 7.80. The van der Waals surface area contributed by atoms with Crippen molar-refractivity contribution in [1.29, 1.82) is 0 Å². The van der Waals surface area contributed by atoms with Gasteiger partial charge in [0.2, 0.25) is 0 Å². The highest BCUT2D eigenvalue weighted by Crippen LogP contribution is 2.32. The number of nitrogens with zero attached hydrogens (tertiary/aromatic N) is 1. The number of hydrogen-bond donors (Lipinski definition) is 1. The van der Waals surface area contributed by atoms with Gasteiger partial charge in [-0.1, -0.05) is 31.5 Å². The van der Waals surface area contributed by atoms with Gasteiger partial charge in [0, 0.05) is 5.02 Å². The standard InChI is InChI=1S/C23H23ClN2O3S/c1-12(2)16-10-15(13(3)9-20(16)29-5)11-17-21(27)25-23(30)26(22(17)28)19-8-6-7-18(24)14(19)4/h6-12H,1-5H3,(H,25,27,30)/b17-11+. The monoisotopic (exact) mass is 442 g/mol. The van der Waals surface area contributed by atoms with Crippen molar-refractivity contribution in [3.8, 4) is 5.75 Å². The summed E-state index contributed by atoms with van der Waals surface area (Å²) in [5, 5.41) is 3.16. The first-order chi connectivity index (χ1) is 14.1. The van der Waals surface area contributed by atoms with E-state index in [1.165, 1.54) is 4.90 Å². The molecule has 0 radical (unpaired) electrons. The lowest BCUT2D eigenvalue weighted by molar-refractivity contribution is -0.122. The van der Waals surface area contributed by atoms with Crippen LogP contribution >= 0.6 is 23.8 Å². The summed E-state index contributed by atoms with van der Waals surface area (Å²) in [6, 6.07) is 9.09. The van der Waals surface area contributed by atoms with Crippen LogP contribution in [-0.2, 0) is 9.59 Å². The fourth-order valence-electron chi connectivity index (χ4n) is 3.37. The lowest BCUT2D eigenvalue weighted by atomic mass is 9.95. The quantitative estimate of drug-likeness (QED) is 0.414. The van der Waals surface area contributed by atoms with E-state index in [2.05, 4.69) is 19.2 Å². The molecule has 156 valence electrons. The van der Waals surface area contributed by atoms with Crippen molar-refractivity contribution in [3.05, 3.63) is 63.2 Å². The molecule has 0 aromatic heterocycles. The number of benzene rings is 2. The van der Waals surface area contributed by atoms with E-state index in [1.807, 2.05) is 19.1 Å². The van der Waals surface area contributed by atoms with Crippen molar-refractivity contribution in [2.24, 2.45) is 0 Å². The average Bonchev–Trinajstić information content (AvgIpc) is 2.68. The highest BCUT2D eigenvalue weighted by atomic mass is 35.5. The summed E-state index contributed by atoms with van der Waals surface area (Å²) in [5.41, 5.74) is 3.91. The van der Waals surface area contributed by atoms with Gasteiger partial charge in [0.1, 0.15) is 11.3 Å². The first-order valence-corrected chi connectivity index (χ1v) is 10.3. The molecule has 30 heavy (non-hydrogen) atoms. The Morgan fingerprint density at radius 1 is 1.20 bits per heavy atom. The summed E-state index contributed by atoms with van der Waals surface area (Å²) in [5.74, 6) is -0.0223. The minimum atomic E-state index is -0.526. The van der Waals surface area contributed by atoms with Crippen molar-refractivity contribution >= 4 is 52.5 Å². The number of methoxy groups -OCH3 is 1. The maximum absolute atomic E-state index is 13.3. The summed E-state index contributed by atoms with van der Waals surface area (Å²) in [4.78, 5) is 27.3. The summed E-state index contributed by atoms with van der Waals surface area (Å²) < 4.78 is 5.48. The van der Waals surface area contributed by atoms with Crippen LogP contribution in [0.1, 0.15) is 42.0 Å². The minimum Gasteiger partial charge on any atom is -0.496 e. The van der Waals surface area contributed by atoms with Crippen LogP contribution in [0.4, 0.5) is 5.69 Å². The molecule has 2 amide bonds. The predicted octanol–water partition coefficient (Wildman–Crippen LogP) is 4.92. The van der Waals surface area contributed by atoms with E-state index >= 15 is 0 Å². The smallest absolute Gasteiger partial charge is 0.270 e. The highest BCUT2D eigenvalue weighted by Gasteiger charge is 2.35. The molecule has 1 saturated heterocycles. The van der Waals surface area contributed by atoms with Crippen molar-refractivity contribution in [1.82, 2.24) is 5.32 Å². The topological polar surface area (TPSA) is 58.6 Å². The van der Waals surface area contributed by atoms with Crippen molar-refractivity contribution in [2.75, 3.05) is 12.0 Å². The molecule has 7 heteroatoms. The fourth-order valence-corrected chi connectivity index (χ4v) is 3.81. The van der Waals surface area contributed by atoms with Crippen LogP contribution in [0.5, 0.6) is 5.75 Å². The third-order valence-electron chi connectivity index (χ3n) is 5.12. The zero-order valence-corrected chi connectivity index (χ0v) is 19.1. The summed E-state index contributed by atoms with van der Waals surface area (Å²) >= 11 is 11.5. The molecule has 1 heterocycles. The van der Waals surface area contributed by atoms with E-state index < -0.39 is 11.8 Å². The second-order valence-electron chi connectivity index (χ2n) is 7.45. The molecule has 0 spiro atoms. The van der Waals surface area contributed by atoms with E-state index in [0.717, 1.165) is 22.4 Å². The van der Waals surface area contributed by atoms with E-state index in [1.54, 1.807) is 38.3 Å². The lowest BCUT2D eigenvalue weighted by Crippen LogP contribution is -2.54. The average molecular weight is 443 g/mol. The first-order valence-electron chi connectivity index (χ1n) is 9.50. The van der Waals surface area contributed by atoms with Gasteiger partial charge in [-0.3, -0.25) is 19.8 Å².